The van der Waals surface area contributed by atoms with E-state index >= 15 is 0 Å². The topological polar surface area (TPSA) is 37.3 Å². The van der Waals surface area contributed by atoms with Crippen LogP contribution in [0.4, 0.5) is 0 Å². The van der Waals surface area contributed by atoms with Gasteiger partial charge in [-0.1, -0.05) is 22.7 Å². The fourth-order valence-electron chi connectivity index (χ4n) is 1.46. The van der Waals surface area contributed by atoms with Crippen molar-refractivity contribution < 1.29 is 9.90 Å². The molecule has 0 aliphatic heterocycles. The standard InChI is InChI=1S/C9H13BO2/c1-5-3-7(9(11)12)4-6(2)8(5)10/h3,7H,4,10H2,1-2H3,(H,11,12). The molecule has 0 saturated heterocycles. The first kappa shape index (κ1) is 9.11. The van der Waals surface area contributed by atoms with Crippen LogP contribution in [0.15, 0.2) is 22.7 Å². The number of carbonyl (C=O) groups is 1. The van der Waals surface area contributed by atoms with Crippen molar-refractivity contribution in [3.8, 4) is 0 Å². The van der Waals surface area contributed by atoms with Gasteiger partial charge in [-0.05, 0) is 20.3 Å². The third-order valence-corrected chi connectivity index (χ3v) is 2.53. The molecular weight excluding hydrogens is 151 g/mol. The van der Waals surface area contributed by atoms with Gasteiger partial charge < -0.3 is 5.11 Å². The van der Waals surface area contributed by atoms with Gasteiger partial charge in [0.15, 0.2) is 0 Å². The number of rotatable bonds is 1. The zero-order valence-corrected chi connectivity index (χ0v) is 7.72. The molecule has 0 aromatic heterocycles. The minimum Gasteiger partial charge on any atom is -0.481 e. The van der Waals surface area contributed by atoms with Gasteiger partial charge in [-0.25, -0.2) is 0 Å². The molecule has 2 nitrogen and oxygen atoms in total. The van der Waals surface area contributed by atoms with Gasteiger partial charge in [0.1, 0.15) is 7.85 Å². The Kier molecular flexibility index (Phi) is 2.41. The summed E-state index contributed by atoms with van der Waals surface area (Å²) in [6.07, 6.45) is 2.50. The summed E-state index contributed by atoms with van der Waals surface area (Å²) in [7, 11) is 2.04. The molecule has 64 valence electrons. The van der Waals surface area contributed by atoms with Gasteiger partial charge in [0.2, 0.25) is 0 Å². The molecule has 0 heterocycles. The van der Waals surface area contributed by atoms with Gasteiger partial charge in [0.25, 0.3) is 0 Å². The number of aliphatic carboxylic acids is 1. The Morgan fingerprint density at radius 2 is 2.25 bits per heavy atom. The van der Waals surface area contributed by atoms with Gasteiger partial charge >= 0.3 is 5.97 Å². The van der Waals surface area contributed by atoms with Gasteiger partial charge in [-0.15, -0.1) is 0 Å². The van der Waals surface area contributed by atoms with Crippen molar-refractivity contribution in [3.63, 3.8) is 0 Å². The van der Waals surface area contributed by atoms with Crippen molar-refractivity contribution in [2.45, 2.75) is 20.3 Å². The second-order valence-electron chi connectivity index (χ2n) is 3.40. The number of carboxylic acid groups (broad SMARTS) is 1. The highest BCUT2D eigenvalue weighted by Gasteiger charge is 2.20. The highest BCUT2D eigenvalue weighted by molar-refractivity contribution is 6.24. The fourth-order valence-corrected chi connectivity index (χ4v) is 1.46. The third-order valence-electron chi connectivity index (χ3n) is 2.53. The third kappa shape index (κ3) is 1.60. The van der Waals surface area contributed by atoms with Crippen molar-refractivity contribution in [2.24, 2.45) is 5.92 Å². The van der Waals surface area contributed by atoms with Gasteiger partial charge in [0, 0.05) is 0 Å². The summed E-state index contributed by atoms with van der Waals surface area (Å²) in [6.45, 7) is 3.97. The maximum Gasteiger partial charge on any atom is 0.310 e. The van der Waals surface area contributed by atoms with Crippen LogP contribution in [0.25, 0.3) is 0 Å². The molecule has 0 spiro atoms. The predicted molar refractivity (Wildman–Crippen MR) is 50.7 cm³/mol. The Labute approximate surface area is 73.4 Å². The Hall–Kier alpha value is -0.985. The van der Waals surface area contributed by atoms with Crippen LogP contribution < -0.4 is 0 Å². The van der Waals surface area contributed by atoms with Crippen LogP contribution in [0.1, 0.15) is 20.3 Å². The van der Waals surface area contributed by atoms with E-state index in [1.165, 1.54) is 11.0 Å². The first-order valence-corrected chi connectivity index (χ1v) is 4.10. The zero-order valence-electron chi connectivity index (χ0n) is 7.72. The summed E-state index contributed by atoms with van der Waals surface area (Å²) in [5.74, 6) is -1.03. The molecule has 0 saturated carbocycles. The second kappa shape index (κ2) is 3.17. The molecule has 0 aromatic carbocycles. The molecule has 0 amide bonds. The summed E-state index contributed by atoms with van der Waals surface area (Å²) < 4.78 is 0. The molecule has 1 aliphatic rings. The maximum atomic E-state index is 10.7. The van der Waals surface area contributed by atoms with Gasteiger partial charge in [-0.2, -0.15) is 0 Å². The lowest BCUT2D eigenvalue weighted by atomic mass is 9.77. The summed E-state index contributed by atoms with van der Waals surface area (Å²) in [5, 5.41) is 8.79. The molecule has 1 unspecified atom stereocenters. The SMILES string of the molecule is BC1=C(C)CC(C(=O)O)C=C1C. The van der Waals surface area contributed by atoms with E-state index in [1.54, 1.807) is 0 Å². The van der Waals surface area contributed by atoms with E-state index in [1.807, 2.05) is 27.8 Å². The second-order valence-corrected chi connectivity index (χ2v) is 3.40. The summed E-state index contributed by atoms with van der Waals surface area (Å²) in [4.78, 5) is 10.7. The van der Waals surface area contributed by atoms with E-state index in [4.69, 9.17) is 5.11 Å². The van der Waals surface area contributed by atoms with Crippen molar-refractivity contribution >= 4 is 13.8 Å². The van der Waals surface area contributed by atoms with Crippen molar-refractivity contribution in [1.82, 2.24) is 0 Å². The Morgan fingerprint density at radius 3 is 2.67 bits per heavy atom. The zero-order chi connectivity index (χ0) is 9.30. The lowest BCUT2D eigenvalue weighted by Gasteiger charge is -2.19. The molecule has 0 aromatic rings. The van der Waals surface area contributed by atoms with E-state index in [0.29, 0.717) is 6.42 Å². The van der Waals surface area contributed by atoms with Gasteiger partial charge in [0.05, 0.1) is 5.92 Å². The molecule has 1 atom stereocenters. The van der Waals surface area contributed by atoms with Crippen LogP contribution in [-0.2, 0) is 4.79 Å². The Balaban J connectivity index is 2.91. The van der Waals surface area contributed by atoms with Crippen LogP contribution in [0.5, 0.6) is 0 Å². The lowest BCUT2D eigenvalue weighted by molar-refractivity contribution is -0.140. The number of allylic oxidation sites excluding steroid dienone is 3. The highest BCUT2D eigenvalue weighted by Crippen LogP contribution is 2.26. The normalized spacial score (nSPS) is 23.8. The largest absolute Gasteiger partial charge is 0.481 e. The van der Waals surface area contributed by atoms with Crippen LogP contribution in [0, 0.1) is 5.92 Å². The minimum atomic E-state index is -0.721. The minimum absolute atomic E-state index is 0.311. The molecule has 0 bridgehead atoms. The van der Waals surface area contributed by atoms with E-state index in [9.17, 15) is 4.79 Å². The quantitative estimate of drug-likeness (QED) is 0.585. The fraction of sp³-hybridized carbons (Fsp3) is 0.444. The highest BCUT2D eigenvalue weighted by atomic mass is 16.4. The van der Waals surface area contributed by atoms with E-state index in [0.717, 1.165) is 5.57 Å². The molecule has 12 heavy (non-hydrogen) atoms. The first-order chi connectivity index (χ1) is 5.52. The monoisotopic (exact) mass is 164 g/mol. The lowest BCUT2D eigenvalue weighted by Crippen LogP contribution is -2.16. The number of hydrogen-bond acceptors (Lipinski definition) is 1. The number of hydrogen-bond donors (Lipinski definition) is 1. The molecular formula is C9H13BO2. The van der Waals surface area contributed by atoms with E-state index in [-0.39, 0.29) is 5.92 Å². The molecule has 1 rings (SSSR count). The van der Waals surface area contributed by atoms with Crippen LogP contribution in [0.3, 0.4) is 0 Å². The summed E-state index contributed by atoms with van der Waals surface area (Å²) in [6, 6.07) is 0. The van der Waals surface area contributed by atoms with E-state index in [2.05, 4.69) is 0 Å². The van der Waals surface area contributed by atoms with Crippen LogP contribution >= 0.6 is 0 Å². The van der Waals surface area contributed by atoms with Crippen LogP contribution in [0.2, 0.25) is 0 Å². The van der Waals surface area contributed by atoms with E-state index < -0.39 is 5.97 Å². The smallest absolute Gasteiger partial charge is 0.310 e. The summed E-state index contributed by atoms with van der Waals surface area (Å²) in [5.41, 5.74) is 3.54. The Morgan fingerprint density at radius 1 is 1.67 bits per heavy atom. The van der Waals surface area contributed by atoms with Crippen LogP contribution in [-0.4, -0.2) is 18.9 Å². The maximum absolute atomic E-state index is 10.7. The Bertz CT molecular complexity index is 276. The molecule has 0 fully saturated rings. The van der Waals surface area contributed by atoms with Crippen molar-refractivity contribution in [3.05, 3.63) is 22.7 Å². The molecule has 0 radical (unpaired) electrons. The predicted octanol–water partition coefficient (Wildman–Crippen LogP) is 0.944. The first-order valence-electron chi connectivity index (χ1n) is 4.10. The van der Waals surface area contributed by atoms with Crippen molar-refractivity contribution in [1.29, 1.82) is 0 Å². The molecule has 1 aliphatic carbocycles. The average molecular weight is 164 g/mol. The molecule has 3 heteroatoms. The van der Waals surface area contributed by atoms with Crippen molar-refractivity contribution in [2.75, 3.05) is 0 Å². The molecule has 1 N–H and O–H groups in total. The van der Waals surface area contributed by atoms with Gasteiger partial charge in [-0.3, -0.25) is 4.79 Å². The summed E-state index contributed by atoms with van der Waals surface area (Å²) >= 11 is 0. The number of carboxylic acids is 1. The average Bonchev–Trinajstić information content (AvgIpc) is 1.99.